The van der Waals surface area contributed by atoms with E-state index in [2.05, 4.69) is 32.9 Å². The van der Waals surface area contributed by atoms with Gasteiger partial charge in [0.1, 0.15) is 0 Å². The van der Waals surface area contributed by atoms with Gasteiger partial charge in [-0.2, -0.15) is 0 Å². The molecule has 180 valence electrons. The second-order valence-electron chi connectivity index (χ2n) is 10.1. The van der Waals surface area contributed by atoms with Crippen LogP contribution in [0.2, 0.25) is 0 Å². The van der Waals surface area contributed by atoms with Crippen molar-refractivity contribution >= 4 is 0 Å². The number of allylic oxidation sites excluding steroid dienone is 2. The molecule has 0 aromatic rings. The molecular formula is C30H60. The van der Waals surface area contributed by atoms with E-state index in [0.717, 1.165) is 5.92 Å². The lowest BCUT2D eigenvalue weighted by Gasteiger charge is -2.10. The Balaban J connectivity index is 3.07. The minimum Gasteiger partial charge on any atom is -0.0888 e. The van der Waals surface area contributed by atoms with Gasteiger partial charge in [-0.3, -0.25) is 0 Å². The van der Waals surface area contributed by atoms with Crippen LogP contribution >= 0.6 is 0 Å². The molecule has 0 N–H and O–H groups in total. The molecule has 0 aliphatic rings. The second-order valence-corrected chi connectivity index (χ2v) is 10.1. The summed E-state index contributed by atoms with van der Waals surface area (Å²) in [5.41, 5.74) is 0. The molecule has 0 aliphatic carbocycles. The fourth-order valence-electron chi connectivity index (χ4n) is 4.58. The molecule has 0 amide bonds. The van der Waals surface area contributed by atoms with Gasteiger partial charge in [0, 0.05) is 0 Å². The minimum atomic E-state index is 0.967. The summed E-state index contributed by atoms with van der Waals surface area (Å²) in [6.45, 7) is 6.99. The highest BCUT2D eigenvalue weighted by atomic mass is 14.1. The molecule has 1 atom stereocenters. The predicted molar refractivity (Wildman–Crippen MR) is 140 cm³/mol. The van der Waals surface area contributed by atoms with Crippen molar-refractivity contribution in [3.63, 3.8) is 0 Å². The van der Waals surface area contributed by atoms with Crippen molar-refractivity contribution in [3.05, 3.63) is 12.2 Å². The van der Waals surface area contributed by atoms with Gasteiger partial charge in [0.05, 0.1) is 0 Å². The monoisotopic (exact) mass is 420 g/mol. The van der Waals surface area contributed by atoms with Crippen molar-refractivity contribution in [3.8, 4) is 0 Å². The van der Waals surface area contributed by atoms with E-state index in [-0.39, 0.29) is 0 Å². The summed E-state index contributed by atoms with van der Waals surface area (Å²) in [5.74, 6) is 0.967. The smallest absolute Gasteiger partial charge is 0.0351 e. The zero-order chi connectivity index (χ0) is 22.0. The SMILES string of the molecule is CCC=CCCCCCCCCCCCCCCCCCCCC(C)CCCCC. The lowest BCUT2D eigenvalue weighted by Crippen LogP contribution is -1.94. The molecule has 0 aromatic heterocycles. The van der Waals surface area contributed by atoms with Gasteiger partial charge in [-0.25, -0.2) is 0 Å². The molecule has 0 heterocycles. The van der Waals surface area contributed by atoms with E-state index in [1.54, 1.807) is 0 Å². The number of hydrogen-bond acceptors (Lipinski definition) is 0. The Morgan fingerprint density at radius 3 is 1.20 bits per heavy atom. The van der Waals surface area contributed by atoms with Crippen molar-refractivity contribution in [2.24, 2.45) is 5.92 Å². The quantitative estimate of drug-likeness (QED) is 0.102. The van der Waals surface area contributed by atoms with Gasteiger partial charge in [-0.1, -0.05) is 168 Å². The van der Waals surface area contributed by atoms with Crippen LogP contribution in [0.5, 0.6) is 0 Å². The first-order valence-electron chi connectivity index (χ1n) is 14.5. The molecule has 0 fully saturated rings. The largest absolute Gasteiger partial charge is 0.0888 e. The molecule has 0 bridgehead atoms. The molecule has 0 aliphatic heterocycles. The highest BCUT2D eigenvalue weighted by Crippen LogP contribution is 2.18. The van der Waals surface area contributed by atoms with Crippen LogP contribution in [0.3, 0.4) is 0 Å². The van der Waals surface area contributed by atoms with Crippen molar-refractivity contribution in [1.82, 2.24) is 0 Å². The third-order valence-corrected chi connectivity index (χ3v) is 6.77. The number of unbranched alkanes of at least 4 members (excludes halogenated alkanes) is 19. The molecule has 0 rings (SSSR count). The summed E-state index contributed by atoms with van der Waals surface area (Å²) in [7, 11) is 0. The fraction of sp³-hybridized carbons (Fsp3) is 0.933. The summed E-state index contributed by atoms with van der Waals surface area (Å²) in [4.78, 5) is 0. The van der Waals surface area contributed by atoms with Crippen LogP contribution in [0.4, 0.5) is 0 Å². The Kier molecular flexibility index (Phi) is 26.5. The lowest BCUT2D eigenvalue weighted by atomic mass is 9.96. The molecule has 0 saturated carbocycles. The zero-order valence-electron chi connectivity index (χ0n) is 21.7. The second kappa shape index (κ2) is 26.8. The molecule has 0 radical (unpaired) electrons. The Hall–Kier alpha value is -0.260. The summed E-state index contributed by atoms with van der Waals surface area (Å²) >= 11 is 0. The van der Waals surface area contributed by atoms with Crippen LogP contribution in [-0.2, 0) is 0 Å². The van der Waals surface area contributed by atoms with Gasteiger partial charge in [0.2, 0.25) is 0 Å². The van der Waals surface area contributed by atoms with E-state index in [0.29, 0.717) is 0 Å². The standard InChI is InChI=1S/C30H60/c1-4-6-8-9-10-11-12-13-14-15-16-17-18-19-20-21-22-23-24-25-27-29-30(3)28-26-7-5-2/h6,8,30H,4-5,7,9-29H2,1-3H3. The average molecular weight is 421 g/mol. The Labute approximate surface area is 193 Å². The molecule has 1 unspecified atom stereocenters. The van der Waals surface area contributed by atoms with Gasteiger partial charge in [0.25, 0.3) is 0 Å². The van der Waals surface area contributed by atoms with Crippen LogP contribution in [0.25, 0.3) is 0 Å². The topological polar surface area (TPSA) is 0 Å². The molecule has 0 nitrogen and oxygen atoms in total. The van der Waals surface area contributed by atoms with Gasteiger partial charge in [0.15, 0.2) is 0 Å². The summed E-state index contributed by atoms with van der Waals surface area (Å²) in [6.07, 6.45) is 39.4. The van der Waals surface area contributed by atoms with Crippen LogP contribution < -0.4 is 0 Å². The van der Waals surface area contributed by atoms with E-state index < -0.39 is 0 Å². The van der Waals surface area contributed by atoms with E-state index in [1.165, 1.54) is 154 Å². The summed E-state index contributed by atoms with van der Waals surface area (Å²) in [6, 6.07) is 0. The molecule has 0 saturated heterocycles. The predicted octanol–water partition coefficient (Wildman–Crippen LogP) is 11.6. The third kappa shape index (κ3) is 25.8. The van der Waals surface area contributed by atoms with Gasteiger partial charge in [-0.15, -0.1) is 0 Å². The van der Waals surface area contributed by atoms with Crippen LogP contribution in [0.1, 0.15) is 175 Å². The van der Waals surface area contributed by atoms with Gasteiger partial charge < -0.3 is 0 Å². The normalized spacial score (nSPS) is 12.8. The van der Waals surface area contributed by atoms with Crippen LogP contribution in [-0.4, -0.2) is 0 Å². The van der Waals surface area contributed by atoms with Crippen molar-refractivity contribution in [2.75, 3.05) is 0 Å². The summed E-state index contributed by atoms with van der Waals surface area (Å²) in [5, 5.41) is 0. The average Bonchev–Trinajstić information content (AvgIpc) is 2.75. The number of hydrogen-bond donors (Lipinski definition) is 0. The Bertz CT molecular complexity index is 316. The Morgan fingerprint density at radius 2 is 0.800 bits per heavy atom. The third-order valence-electron chi connectivity index (χ3n) is 6.77. The van der Waals surface area contributed by atoms with E-state index >= 15 is 0 Å². The van der Waals surface area contributed by atoms with Gasteiger partial charge in [-0.05, 0) is 25.2 Å². The first-order valence-corrected chi connectivity index (χ1v) is 14.5. The van der Waals surface area contributed by atoms with Crippen LogP contribution in [0.15, 0.2) is 12.2 Å². The highest BCUT2D eigenvalue weighted by Gasteiger charge is 2.01. The lowest BCUT2D eigenvalue weighted by molar-refractivity contribution is 0.435. The maximum absolute atomic E-state index is 2.46. The molecule has 0 heteroatoms. The van der Waals surface area contributed by atoms with Crippen molar-refractivity contribution < 1.29 is 0 Å². The Morgan fingerprint density at radius 1 is 0.433 bits per heavy atom. The van der Waals surface area contributed by atoms with Crippen molar-refractivity contribution in [1.29, 1.82) is 0 Å². The first kappa shape index (κ1) is 29.7. The van der Waals surface area contributed by atoms with E-state index in [9.17, 15) is 0 Å². The van der Waals surface area contributed by atoms with Crippen LogP contribution in [0, 0.1) is 5.92 Å². The molecule has 0 aromatic carbocycles. The molecule has 0 spiro atoms. The van der Waals surface area contributed by atoms with E-state index in [4.69, 9.17) is 0 Å². The highest BCUT2D eigenvalue weighted by molar-refractivity contribution is 4.79. The molecular weight excluding hydrogens is 360 g/mol. The zero-order valence-corrected chi connectivity index (χ0v) is 21.7. The first-order chi connectivity index (χ1) is 14.8. The molecule has 30 heavy (non-hydrogen) atoms. The van der Waals surface area contributed by atoms with Gasteiger partial charge >= 0.3 is 0 Å². The summed E-state index contributed by atoms with van der Waals surface area (Å²) < 4.78 is 0. The minimum absolute atomic E-state index is 0.967. The van der Waals surface area contributed by atoms with Crippen molar-refractivity contribution in [2.45, 2.75) is 175 Å². The fourth-order valence-corrected chi connectivity index (χ4v) is 4.58. The van der Waals surface area contributed by atoms with E-state index in [1.807, 2.05) is 0 Å². The maximum atomic E-state index is 2.46. The maximum Gasteiger partial charge on any atom is -0.0351 e. The number of rotatable bonds is 25.